The van der Waals surface area contributed by atoms with Gasteiger partial charge >= 0.3 is 0 Å². The second-order valence-electron chi connectivity index (χ2n) is 6.85. The first-order valence-electron chi connectivity index (χ1n) is 8.88. The summed E-state index contributed by atoms with van der Waals surface area (Å²) in [5.41, 5.74) is 0.938. The Kier molecular flexibility index (Phi) is 5.14. The summed E-state index contributed by atoms with van der Waals surface area (Å²) in [6, 6.07) is 10.9. The van der Waals surface area contributed by atoms with Crippen LogP contribution in [0.5, 0.6) is 0 Å². The molecule has 2 fully saturated rings. The van der Waals surface area contributed by atoms with Crippen molar-refractivity contribution in [2.24, 2.45) is 0 Å². The van der Waals surface area contributed by atoms with Crippen LogP contribution in [0, 0.1) is 0 Å². The summed E-state index contributed by atoms with van der Waals surface area (Å²) in [4.78, 5) is 12.5. The molecule has 1 aromatic carbocycles. The minimum atomic E-state index is -0.233. The number of rotatable bonds is 6. The van der Waals surface area contributed by atoms with Gasteiger partial charge in [-0.2, -0.15) is 0 Å². The molecule has 0 bridgehead atoms. The van der Waals surface area contributed by atoms with Gasteiger partial charge in [0.1, 0.15) is 0 Å². The lowest BCUT2D eigenvalue weighted by Gasteiger charge is -2.18. The van der Waals surface area contributed by atoms with E-state index in [9.17, 15) is 4.79 Å². The van der Waals surface area contributed by atoms with Gasteiger partial charge in [-0.3, -0.25) is 4.79 Å². The molecule has 3 rings (SSSR count). The van der Waals surface area contributed by atoms with Crippen LogP contribution in [0.4, 0.5) is 0 Å². The minimum Gasteiger partial charge on any atom is -0.354 e. The molecule has 3 heteroatoms. The third kappa shape index (κ3) is 3.70. The second kappa shape index (κ2) is 7.28. The van der Waals surface area contributed by atoms with E-state index in [1.54, 1.807) is 0 Å². The van der Waals surface area contributed by atoms with Crippen molar-refractivity contribution in [3.05, 3.63) is 35.9 Å². The molecule has 1 aromatic rings. The Balaban J connectivity index is 1.41. The van der Waals surface area contributed by atoms with E-state index in [0.29, 0.717) is 6.04 Å². The van der Waals surface area contributed by atoms with Crippen LogP contribution in [-0.2, 0) is 10.2 Å². The van der Waals surface area contributed by atoms with Crippen molar-refractivity contribution in [3.63, 3.8) is 0 Å². The topological polar surface area (TPSA) is 41.1 Å². The average Bonchev–Trinajstić information content (AvgIpc) is 3.37. The average molecular weight is 300 g/mol. The highest BCUT2D eigenvalue weighted by atomic mass is 16.2. The first-order valence-corrected chi connectivity index (χ1v) is 8.88. The zero-order valence-corrected chi connectivity index (χ0v) is 13.4. The summed E-state index contributed by atoms with van der Waals surface area (Å²) in [5, 5.41) is 6.75. The minimum absolute atomic E-state index is 0.210. The van der Waals surface area contributed by atoms with Crippen molar-refractivity contribution < 1.29 is 4.79 Å². The van der Waals surface area contributed by atoms with Crippen molar-refractivity contribution in [1.29, 1.82) is 0 Å². The fourth-order valence-electron chi connectivity index (χ4n) is 3.63. The maximum Gasteiger partial charge on any atom is 0.230 e. The summed E-state index contributed by atoms with van der Waals surface area (Å²) >= 11 is 0. The monoisotopic (exact) mass is 300 g/mol. The number of amides is 1. The van der Waals surface area contributed by atoms with Gasteiger partial charge < -0.3 is 10.6 Å². The van der Waals surface area contributed by atoms with Gasteiger partial charge in [-0.25, -0.2) is 0 Å². The first kappa shape index (κ1) is 15.5. The molecule has 0 heterocycles. The smallest absolute Gasteiger partial charge is 0.230 e. The second-order valence-corrected chi connectivity index (χ2v) is 6.85. The predicted molar refractivity (Wildman–Crippen MR) is 89.9 cm³/mol. The zero-order chi connectivity index (χ0) is 15.3. The molecule has 0 aromatic heterocycles. The maximum atomic E-state index is 12.5. The number of hydrogen-bond acceptors (Lipinski definition) is 2. The van der Waals surface area contributed by atoms with E-state index in [1.807, 2.05) is 18.2 Å². The van der Waals surface area contributed by atoms with Crippen molar-refractivity contribution >= 4 is 5.91 Å². The molecule has 3 nitrogen and oxygen atoms in total. The normalized spacial score (nSPS) is 21.1. The van der Waals surface area contributed by atoms with E-state index in [-0.39, 0.29) is 11.3 Å². The summed E-state index contributed by atoms with van der Waals surface area (Å²) in [7, 11) is 0. The molecule has 2 saturated carbocycles. The Labute approximate surface area is 133 Å². The van der Waals surface area contributed by atoms with E-state index in [1.165, 1.54) is 44.1 Å². The van der Waals surface area contributed by atoms with Crippen LogP contribution < -0.4 is 10.6 Å². The molecule has 0 saturated heterocycles. The Bertz CT molecular complexity index is 473. The molecule has 22 heavy (non-hydrogen) atoms. The van der Waals surface area contributed by atoms with Crippen LogP contribution in [0.2, 0.25) is 0 Å². The van der Waals surface area contributed by atoms with Gasteiger partial charge in [0.15, 0.2) is 0 Å². The molecule has 120 valence electrons. The van der Waals surface area contributed by atoms with Crippen LogP contribution in [-0.4, -0.2) is 25.0 Å². The quantitative estimate of drug-likeness (QED) is 0.626. The lowest BCUT2D eigenvalue weighted by Crippen LogP contribution is -2.40. The SMILES string of the molecule is O=C(NCCNC1CCCCCC1)C1(c2ccccc2)CC1. The van der Waals surface area contributed by atoms with Crippen molar-refractivity contribution in [1.82, 2.24) is 10.6 Å². The fraction of sp³-hybridized carbons (Fsp3) is 0.632. The highest BCUT2D eigenvalue weighted by molar-refractivity contribution is 5.91. The van der Waals surface area contributed by atoms with Gasteiger partial charge in [0.25, 0.3) is 0 Å². The number of carbonyl (C=O) groups is 1. The molecule has 2 aliphatic carbocycles. The Morgan fingerprint density at radius 2 is 1.68 bits per heavy atom. The van der Waals surface area contributed by atoms with Gasteiger partial charge in [-0.15, -0.1) is 0 Å². The predicted octanol–water partition coefficient (Wildman–Crippen LogP) is 3.15. The number of nitrogens with one attached hydrogen (secondary N) is 2. The number of carbonyl (C=O) groups excluding carboxylic acids is 1. The molecule has 2 N–H and O–H groups in total. The standard InChI is InChI=1S/C19H28N2O/c22-18(19(12-13-19)16-8-4-3-5-9-16)21-15-14-20-17-10-6-1-2-7-11-17/h3-5,8-9,17,20H,1-2,6-7,10-15H2,(H,21,22). The molecule has 0 unspecified atom stereocenters. The molecule has 1 amide bonds. The van der Waals surface area contributed by atoms with Gasteiger partial charge in [-0.05, 0) is 31.2 Å². The van der Waals surface area contributed by atoms with Gasteiger partial charge in [0, 0.05) is 19.1 Å². The van der Waals surface area contributed by atoms with Crippen LogP contribution >= 0.6 is 0 Å². The van der Waals surface area contributed by atoms with E-state index in [4.69, 9.17) is 0 Å². The van der Waals surface area contributed by atoms with Gasteiger partial charge in [0.2, 0.25) is 5.91 Å². The van der Waals surface area contributed by atoms with Crippen molar-refractivity contribution in [3.8, 4) is 0 Å². The van der Waals surface area contributed by atoms with Crippen molar-refractivity contribution in [2.75, 3.05) is 13.1 Å². The molecule has 2 aliphatic rings. The fourth-order valence-corrected chi connectivity index (χ4v) is 3.63. The molecule has 0 spiro atoms. The summed E-state index contributed by atoms with van der Waals surface area (Å²) in [5.74, 6) is 0.210. The molecule has 0 radical (unpaired) electrons. The summed E-state index contributed by atoms with van der Waals surface area (Å²) < 4.78 is 0. The molecule has 0 aliphatic heterocycles. The lowest BCUT2D eigenvalue weighted by atomic mass is 9.95. The van der Waals surface area contributed by atoms with Crippen LogP contribution in [0.25, 0.3) is 0 Å². The van der Waals surface area contributed by atoms with Crippen LogP contribution in [0.3, 0.4) is 0 Å². The summed E-state index contributed by atoms with van der Waals surface area (Å²) in [6.07, 6.45) is 10.0. The van der Waals surface area contributed by atoms with E-state index >= 15 is 0 Å². The highest BCUT2D eigenvalue weighted by Gasteiger charge is 2.50. The van der Waals surface area contributed by atoms with E-state index in [2.05, 4.69) is 22.8 Å². The van der Waals surface area contributed by atoms with Crippen LogP contribution in [0.15, 0.2) is 30.3 Å². The Morgan fingerprint density at radius 1 is 1.00 bits per heavy atom. The van der Waals surface area contributed by atoms with Gasteiger partial charge in [-0.1, -0.05) is 56.0 Å². The maximum absolute atomic E-state index is 12.5. The summed E-state index contributed by atoms with van der Waals surface area (Å²) in [6.45, 7) is 1.63. The molecule has 0 atom stereocenters. The first-order chi connectivity index (χ1) is 10.8. The van der Waals surface area contributed by atoms with Crippen molar-refractivity contribution in [2.45, 2.75) is 62.8 Å². The number of hydrogen-bond donors (Lipinski definition) is 2. The Morgan fingerprint density at radius 3 is 2.32 bits per heavy atom. The Hall–Kier alpha value is -1.35. The van der Waals surface area contributed by atoms with E-state index in [0.717, 1.165) is 25.9 Å². The largest absolute Gasteiger partial charge is 0.354 e. The molecular weight excluding hydrogens is 272 g/mol. The van der Waals surface area contributed by atoms with Gasteiger partial charge in [0.05, 0.1) is 5.41 Å². The zero-order valence-electron chi connectivity index (χ0n) is 13.4. The lowest BCUT2D eigenvalue weighted by molar-refractivity contribution is -0.123. The molecular formula is C19H28N2O. The highest BCUT2D eigenvalue weighted by Crippen LogP contribution is 2.48. The number of benzene rings is 1. The third-order valence-electron chi connectivity index (χ3n) is 5.21. The van der Waals surface area contributed by atoms with Crippen LogP contribution in [0.1, 0.15) is 56.9 Å². The van der Waals surface area contributed by atoms with E-state index < -0.39 is 0 Å². The third-order valence-corrected chi connectivity index (χ3v) is 5.21.